The fraction of sp³-hybridized carbons (Fsp3) is 0.484. The number of carbonyl (C=O) groups is 2. The van der Waals surface area contributed by atoms with E-state index in [0.29, 0.717) is 17.8 Å². The van der Waals surface area contributed by atoms with Gasteiger partial charge in [-0.15, -0.1) is 0 Å². The number of hydrogen-bond acceptors (Lipinski definition) is 4. The second-order valence-electron chi connectivity index (χ2n) is 10.4. The third-order valence-electron chi connectivity index (χ3n) is 7.54. The Bertz CT molecular complexity index is 1120. The minimum absolute atomic E-state index is 0.0374. The van der Waals surface area contributed by atoms with E-state index >= 15 is 0 Å². The first-order valence-corrected chi connectivity index (χ1v) is 13.8. The fourth-order valence-electron chi connectivity index (χ4n) is 5.23. The van der Waals surface area contributed by atoms with Gasteiger partial charge in [-0.05, 0) is 87.7 Å². The van der Waals surface area contributed by atoms with Crippen LogP contribution in [0.5, 0.6) is 0 Å². The lowest BCUT2D eigenvalue weighted by molar-refractivity contribution is -0.123. The summed E-state index contributed by atoms with van der Waals surface area (Å²) in [6.45, 7) is 5.73. The van der Waals surface area contributed by atoms with Crippen molar-refractivity contribution in [3.05, 3.63) is 64.7 Å². The van der Waals surface area contributed by atoms with Gasteiger partial charge in [0.15, 0.2) is 0 Å². The Hall–Kier alpha value is -3.30. The molecule has 2 fully saturated rings. The van der Waals surface area contributed by atoms with E-state index in [1.54, 1.807) is 12.1 Å². The molecular formula is C31H40N4O2. The topological polar surface area (TPSA) is 87.5 Å². The van der Waals surface area contributed by atoms with Crippen LogP contribution in [0.4, 0.5) is 5.69 Å². The number of benzene rings is 2. The summed E-state index contributed by atoms with van der Waals surface area (Å²) in [5.41, 5.74) is 9.72. The number of nitrogen functional groups attached to an aromatic ring is 1. The Morgan fingerprint density at radius 2 is 1.68 bits per heavy atom. The maximum atomic E-state index is 13.0. The SMILES string of the molecule is CC(C(=O)NC1CCCCC1)c1ccc(N)cc1C#Cc1ccc(C(=O)NCCN2CCCCC2)cc1. The van der Waals surface area contributed by atoms with Crippen molar-refractivity contribution in [1.29, 1.82) is 0 Å². The molecule has 1 unspecified atom stereocenters. The largest absolute Gasteiger partial charge is 0.399 e. The summed E-state index contributed by atoms with van der Waals surface area (Å²) in [5, 5.41) is 6.24. The number of piperidine rings is 1. The van der Waals surface area contributed by atoms with Crippen molar-refractivity contribution in [3.63, 3.8) is 0 Å². The molecule has 1 heterocycles. The molecule has 6 nitrogen and oxygen atoms in total. The Labute approximate surface area is 221 Å². The van der Waals surface area contributed by atoms with Crippen LogP contribution in [0.1, 0.15) is 91.3 Å². The molecule has 1 saturated heterocycles. The highest BCUT2D eigenvalue weighted by atomic mass is 16.2. The van der Waals surface area contributed by atoms with Gasteiger partial charge in [0.1, 0.15) is 0 Å². The van der Waals surface area contributed by atoms with Crippen molar-refractivity contribution in [2.24, 2.45) is 0 Å². The predicted octanol–water partition coefficient (Wildman–Crippen LogP) is 4.44. The molecule has 2 aromatic carbocycles. The van der Waals surface area contributed by atoms with Crippen molar-refractivity contribution < 1.29 is 9.59 Å². The lowest BCUT2D eigenvalue weighted by atomic mass is 9.92. The molecule has 2 aromatic rings. The lowest BCUT2D eigenvalue weighted by Gasteiger charge is -2.26. The number of anilines is 1. The fourth-order valence-corrected chi connectivity index (χ4v) is 5.23. The number of carbonyl (C=O) groups excluding carboxylic acids is 2. The second kappa shape index (κ2) is 13.3. The van der Waals surface area contributed by atoms with Crippen molar-refractivity contribution in [2.75, 3.05) is 31.9 Å². The van der Waals surface area contributed by atoms with Gasteiger partial charge in [-0.3, -0.25) is 9.59 Å². The molecule has 2 aliphatic rings. The zero-order chi connectivity index (χ0) is 26.0. The zero-order valence-electron chi connectivity index (χ0n) is 22.0. The summed E-state index contributed by atoms with van der Waals surface area (Å²) in [7, 11) is 0. The number of amides is 2. The average molecular weight is 501 g/mol. The third-order valence-corrected chi connectivity index (χ3v) is 7.54. The number of nitrogens with zero attached hydrogens (tertiary/aromatic N) is 1. The molecule has 6 heteroatoms. The minimum atomic E-state index is -0.317. The molecule has 1 saturated carbocycles. The van der Waals surface area contributed by atoms with E-state index in [4.69, 9.17) is 5.73 Å². The molecular weight excluding hydrogens is 460 g/mol. The van der Waals surface area contributed by atoms with Crippen LogP contribution in [0.3, 0.4) is 0 Å². The van der Waals surface area contributed by atoms with Gasteiger partial charge in [-0.2, -0.15) is 0 Å². The molecule has 4 rings (SSSR count). The van der Waals surface area contributed by atoms with Crippen molar-refractivity contribution in [1.82, 2.24) is 15.5 Å². The smallest absolute Gasteiger partial charge is 0.251 e. The number of nitrogens with two attached hydrogens (primary N) is 1. The first-order valence-electron chi connectivity index (χ1n) is 13.8. The Morgan fingerprint density at radius 1 is 0.973 bits per heavy atom. The van der Waals surface area contributed by atoms with Crippen LogP contribution in [0, 0.1) is 11.8 Å². The maximum Gasteiger partial charge on any atom is 0.251 e. The molecule has 1 aliphatic heterocycles. The third kappa shape index (κ3) is 7.84. The van der Waals surface area contributed by atoms with Gasteiger partial charge in [-0.25, -0.2) is 0 Å². The maximum absolute atomic E-state index is 13.0. The Balaban J connectivity index is 1.37. The number of hydrogen-bond donors (Lipinski definition) is 3. The molecule has 2 amide bonds. The van der Waals surface area contributed by atoms with E-state index in [1.165, 1.54) is 38.5 Å². The van der Waals surface area contributed by atoms with Crippen molar-refractivity contribution in [3.8, 4) is 11.8 Å². The van der Waals surface area contributed by atoms with Crippen LogP contribution >= 0.6 is 0 Å². The summed E-state index contributed by atoms with van der Waals surface area (Å²) in [6.07, 6.45) is 9.53. The quantitative estimate of drug-likeness (QED) is 0.388. The molecule has 4 N–H and O–H groups in total. The number of likely N-dealkylation sites (tertiary alicyclic amines) is 1. The van der Waals surface area contributed by atoms with Gasteiger partial charge >= 0.3 is 0 Å². The molecule has 0 radical (unpaired) electrons. The van der Waals surface area contributed by atoms with Crippen molar-refractivity contribution >= 4 is 17.5 Å². The van der Waals surface area contributed by atoms with Crippen LogP contribution in [0.15, 0.2) is 42.5 Å². The number of nitrogens with one attached hydrogen (secondary N) is 2. The minimum Gasteiger partial charge on any atom is -0.399 e. The van der Waals surface area contributed by atoms with E-state index in [2.05, 4.69) is 27.4 Å². The summed E-state index contributed by atoms with van der Waals surface area (Å²) in [6, 6.07) is 13.2. The normalized spacial score (nSPS) is 17.3. The first kappa shape index (κ1) is 26.8. The van der Waals surface area contributed by atoms with Crippen LogP contribution < -0.4 is 16.4 Å². The summed E-state index contributed by atoms with van der Waals surface area (Å²) in [4.78, 5) is 27.9. The summed E-state index contributed by atoms with van der Waals surface area (Å²) in [5.74, 6) is 6.05. The molecule has 1 aliphatic carbocycles. The predicted molar refractivity (Wildman–Crippen MR) is 149 cm³/mol. The van der Waals surface area contributed by atoms with Crippen molar-refractivity contribution in [2.45, 2.75) is 70.3 Å². The zero-order valence-corrected chi connectivity index (χ0v) is 22.0. The van der Waals surface area contributed by atoms with Gasteiger partial charge in [-0.1, -0.05) is 43.6 Å². The molecule has 0 aromatic heterocycles. The van der Waals surface area contributed by atoms with Crippen LogP contribution in [-0.4, -0.2) is 48.9 Å². The monoisotopic (exact) mass is 500 g/mol. The van der Waals surface area contributed by atoms with E-state index in [0.717, 1.165) is 49.2 Å². The van der Waals surface area contributed by atoms with Crippen LogP contribution in [-0.2, 0) is 4.79 Å². The van der Waals surface area contributed by atoms with E-state index < -0.39 is 0 Å². The highest BCUT2D eigenvalue weighted by Crippen LogP contribution is 2.24. The lowest BCUT2D eigenvalue weighted by Crippen LogP contribution is -2.38. The van der Waals surface area contributed by atoms with Crippen LogP contribution in [0.25, 0.3) is 0 Å². The van der Waals surface area contributed by atoms with Gasteiger partial charge in [0.25, 0.3) is 5.91 Å². The average Bonchev–Trinajstić information content (AvgIpc) is 2.93. The van der Waals surface area contributed by atoms with E-state index in [9.17, 15) is 9.59 Å². The van der Waals surface area contributed by atoms with E-state index in [-0.39, 0.29) is 23.8 Å². The van der Waals surface area contributed by atoms with Gasteiger partial charge < -0.3 is 21.3 Å². The Kier molecular flexibility index (Phi) is 9.62. The van der Waals surface area contributed by atoms with Gasteiger partial charge in [0, 0.05) is 41.5 Å². The number of rotatable bonds is 7. The molecule has 1 atom stereocenters. The van der Waals surface area contributed by atoms with E-state index in [1.807, 2.05) is 37.3 Å². The molecule has 0 spiro atoms. The van der Waals surface area contributed by atoms with Gasteiger partial charge in [0.2, 0.25) is 5.91 Å². The van der Waals surface area contributed by atoms with Crippen LogP contribution in [0.2, 0.25) is 0 Å². The molecule has 0 bridgehead atoms. The first-order chi connectivity index (χ1) is 18.0. The molecule has 37 heavy (non-hydrogen) atoms. The highest BCUT2D eigenvalue weighted by Gasteiger charge is 2.22. The Morgan fingerprint density at radius 3 is 2.41 bits per heavy atom. The van der Waals surface area contributed by atoms with Gasteiger partial charge in [0.05, 0.1) is 5.92 Å². The molecule has 196 valence electrons. The summed E-state index contributed by atoms with van der Waals surface area (Å²) >= 11 is 0. The summed E-state index contributed by atoms with van der Waals surface area (Å²) < 4.78 is 0. The standard InChI is InChI=1S/C31H40N4O2/c1-23(30(36)34-28-8-4-2-5-9-28)29-17-16-27(32)22-26(29)15-12-24-10-13-25(14-11-24)31(37)33-18-21-35-19-6-3-7-20-35/h10-11,13-14,16-17,22-23,28H,2-9,18-21,32H2,1H3,(H,33,37)(H,34,36). The highest BCUT2D eigenvalue weighted by molar-refractivity contribution is 5.94. The second-order valence-corrected chi connectivity index (χ2v) is 10.4.